The average Bonchev–Trinajstić information content (AvgIpc) is 2.93. The van der Waals surface area contributed by atoms with Crippen LogP contribution in [0.3, 0.4) is 0 Å². The highest BCUT2D eigenvalue weighted by Gasteiger charge is 2.32. The summed E-state index contributed by atoms with van der Waals surface area (Å²) in [6, 6.07) is 8.70. The van der Waals surface area contributed by atoms with Gasteiger partial charge in [0.15, 0.2) is 0 Å². The smallest absolute Gasteiger partial charge is 0.329 e. The van der Waals surface area contributed by atoms with Crippen LogP contribution in [-0.2, 0) is 20.7 Å². The maximum Gasteiger partial charge on any atom is 0.329 e. The van der Waals surface area contributed by atoms with E-state index in [1.807, 2.05) is 77.1 Å². The van der Waals surface area contributed by atoms with Gasteiger partial charge in [0.25, 0.3) is 0 Å². The SMILES string of the molecule is CC[C@H](C)C[C@H](C)[C@H]1OC(=O)[C@H](Cc2ccccc2)NC(=O)/C(C)=C/[C@H](C)[C@@H](O)/C(C)=C/[C@H](C)[C@H](O)/C(C)=C/[C@@H]1C. The van der Waals surface area contributed by atoms with Gasteiger partial charge in [-0.05, 0) is 55.7 Å². The van der Waals surface area contributed by atoms with E-state index in [-0.39, 0.29) is 29.6 Å². The quantitative estimate of drug-likeness (QED) is 0.282. The van der Waals surface area contributed by atoms with Crippen molar-refractivity contribution in [1.82, 2.24) is 5.32 Å². The summed E-state index contributed by atoms with van der Waals surface area (Å²) in [7, 11) is 0. The zero-order valence-electron chi connectivity index (χ0n) is 26.6. The molecule has 0 spiro atoms. The second kappa shape index (κ2) is 16.1. The van der Waals surface area contributed by atoms with Crippen LogP contribution >= 0.6 is 0 Å². The van der Waals surface area contributed by atoms with Gasteiger partial charge in [-0.25, -0.2) is 4.79 Å². The fourth-order valence-corrected chi connectivity index (χ4v) is 5.81. The van der Waals surface area contributed by atoms with Crippen molar-refractivity contribution in [3.05, 3.63) is 70.8 Å². The first-order valence-corrected chi connectivity index (χ1v) is 15.2. The van der Waals surface area contributed by atoms with Crippen molar-refractivity contribution in [3.8, 4) is 0 Å². The van der Waals surface area contributed by atoms with E-state index in [1.54, 1.807) is 13.0 Å². The molecule has 0 bridgehead atoms. The van der Waals surface area contributed by atoms with Crippen LogP contribution in [0, 0.1) is 29.6 Å². The molecular weight excluding hydrogens is 514 g/mol. The molecule has 3 N–H and O–H groups in total. The van der Waals surface area contributed by atoms with Gasteiger partial charge in [-0.2, -0.15) is 0 Å². The second-order valence-electron chi connectivity index (χ2n) is 12.5. The number of carbonyl (C=O) groups excluding carboxylic acids is 2. The van der Waals surface area contributed by atoms with Crippen LogP contribution in [-0.4, -0.2) is 46.4 Å². The van der Waals surface area contributed by atoms with Gasteiger partial charge in [-0.15, -0.1) is 0 Å². The molecule has 0 radical (unpaired) electrons. The van der Waals surface area contributed by atoms with Crippen molar-refractivity contribution in [1.29, 1.82) is 0 Å². The lowest BCUT2D eigenvalue weighted by Gasteiger charge is -2.32. The molecule has 1 aliphatic rings. The van der Waals surface area contributed by atoms with Gasteiger partial charge in [-0.1, -0.05) is 96.5 Å². The first-order chi connectivity index (χ1) is 19.2. The predicted octanol–water partition coefficient (Wildman–Crippen LogP) is 6.18. The van der Waals surface area contributed by atoms with Gasteiger partial charge in [0, 0.05) is 29.7 Å². The number of nitrogens with one attached hydrogen (secondary N) is 1. The maximum absolute atomic E-state index is 13.8. The van der Waals surface area contributed by atoms with Crippen molar-refractivity contribution in [3.63, 3.8) is 0 Å². The first-order valence-electron chi connectivity index (χ1n) is 15.2. The molecule has 0 saturated carbocycles. The van der Waals surface area contributed by atoms with Crippen LogP contribution < -0.4 is 5.32 Å². The molecule has 6 heteroatoms. The molecule has 1 amide bonds. The average molecular weight is 568 g/mol. The van der Waals surface area contributed by atoms with Crippen molar-refractivity contribution in [2.24, 2.45) is 29.6 Å². The Morgan fingerprint density at radius 1 is 0.854 bits per heavy atom. The summed E-state index contributed by atoms with van der Waals surface area (Å²) in [5.41, 5.74) is 2.86. The molecule has 6 nitrogen and oxygen atoms in total. The standard InChI is InChI=1S/C35H53NO5/c1-10-21(2)16-26(7)33-27(8)18-24(5)31(37)22(3)17-23(4)32(38)25(6)19-28(9)34(39)36-30(35(40)41-33)20-29-14-12-11-13-15-29/h11-15,17-19,21-22,25-27,30-33,37-38H,10,16,20H2,1-9H3,(H,36,39)/b23-17+,24-18+,28-19+/t21-,22-,25-,26-,27-,30-,31-,32-,33+/m0/s1. The Bertz CT molecular complexity index is 1090. The van der Waals surface area contributed by atoms with Crippen molar-refractivity contribution in [2.45, 2.75) is 106 Å². The molecule has 9 atom stereocenters. The van der Waals surface area contributed by atoms with E-state index in [0.29, 0.717) is 17.9 Å². The van der Waals surface area contributed by atoms with E-state index in [0.717, 1.165) is 29.6 Å². The molecule has 0 aliphatic carbocycles. The zero-order chi connectivity index (χ0) is 30.9. The van der Waals surface area contributed by atoms with E-state index in [2.05, 4.69) is 26.1 Å². The molecule has 41 heavy (non-hydrogen) atoms. The molecule has 1 aromatic rings. The van der Waals surface area contributed by atoms with Gasteiger partial charge in [0.1, 0.15) is 12.1 Å². The van der Waals surface area contributed by atoms with Crippen molar-refractivity contribution in [2.75, 3.05) is 0 Å². The molecule has 0 aromatic heterocycles. The fourth-order valence-electron chi connectivity index (χ4n) is 5.81. The minimum atomic E-state index is -0.882. The minimum absolute atomic E-state index is 0.0671. The number of amides is 1. The normalized spacial score (nSPS) is 34.4. The number of aliphatic hydroxyl groups is 2. The Labute approximate surface area is 248 Å². The number of esters is 1. The van der Waals surface area contributed by atoms with E-state index in [9.17, 15) is 19.8 Å². The Kier molecular flexibility index (Phi) is 13.5. The summed E-state index contributed by atoms with van der Waals surface area (Å²) in [6.07, 6.45) is 5.84. The number of cyclic esters (lactones) is 1. The first kappa shape index (κ1) is 34.5. The molecule has 1 heterocycles. The van der Waals surface area contributed by atoms with Crippen LogP contribution in [0.5, 0.6) is 0 Å². The van der Waals surface area contributed by atoms with Gasteiger partial charge < -0.3 is 20.3 Å². The molecule has 0 fully saturated rings. The summed E-state index contributed by atoms with van der Waals surface area (Å²) < 4.78 is 6.28. The largest absolute Gasteiger partial charge is 0.460 e. The summed E-state index contributed by atoms with van der Waals surface area (Å²) in [6.45, 7) is 17.7. The summed E-state index contributed by atoms with van der Waals surface area (Å²) in [5, 5.41) is 25.1. The number of carbonyl (C=O) groups is 2. The Morgan fingerprint density at radius 2 is 1.39 bits per heavy atom. The summed E-state index contributed by atoms with van der Waals surface area (Å²) in [5.74, 6) is -1.07. The van der Waals surface area contributed by atoms with E-state index < -0.39 is 30.3 Å². The number of aliphatic hydroxyl groups excluding tert-OH is 2. The lowest BCUT2D eigenvalue weighted by Crippen LogP contribution is -2.46. The highest BCUT2D eigenvalue weighted by molar-refractivity contribution is 5.95. The third-order valence-electron chi connectivity index (χ3n) is 8.53. The van der Waals surface area contributed by atoms with E-state index in [1.165, 1.54) is 0 Å². The highest BCUT2D eigenvalue weighted by atomic mass is 16.5. The number of rotatable bonds is 6. The summed E-state index contributed by atoms with van der Waals surface area (Å²) >= 11 is 0. The monoisotopic (exact) mass is 567 g/mol. The highest BCUT2D eigenvalue weighted by Crippen LogP contribution is 2.29. The van der Waals surface area contributed by atoms with Crippen LogP contribution in [0.2, 0.25) is 0 Å². The Morgan fingerprint density at radius 3 is 1.95 bits per heavy atom. The number of hydrogen-bond donors (Lipinski definition) is 3. The van der Waals surface area contributed by atoms with Crippen LogP contribution in [0.15, 0.2) is 65.3 Å². The number of benzene rings is 1. The number of ether oxygens (including phenoxy) is 1. The second-order valence-corrected chi connectivity index (χ2v) is 12.5. The van der Waals surface area contributed by atoms with Gasteiger partial charge >= 0.3 is 5.97 Å². The molecule has 0 unspecified atom stereocenters. The molecule has 1 aromatic carbocycles. The lowest BCUT2D eigenvalue weighted by atomic mass is 9.84. The van der Waals surface area contributed by atoms with Gasteiger partial charge in [0.05, 0.1) is 12.2 Å². The van der Waals surface area contributed by atoms with Crippen LogP contribution in [0.4, 0.5) is 0 Å². The van der Waals surface area contributed by atoms with Crippen LogP contribution in [0.1, 0.15) is 80.7 Å². The zero-order valence-corrected chi connectivity index (χ0v) is 26.6. The topological polar surface area (TPSA) is 95.9 Å². The van der Waals surface area contributed by atoms with E-state index >= 15 is 0 Å². The third kappa shape index (κ3) is 10.3. The molecule has 1 aliphatic heterocycles. The Balaban J connectivity index is 2.59. The van der Waals surface area contributed by atoms with Crippen molar-refractivity contribution < 1.29 is 24.5 Å². The Hall–Kier alpha value is -2.70. The van der Waals surface area contributed by atoms with Gasteiger partial charge in [0.2, 0.25) is 5.91 Å². The lowest BCUT2D eigenvalue weighted by molar-refractivity contribution is -0.157. The van der Waals surface area contributed by atoms with Crippen molar-refractivity contribution >= 4 is 11.9 Å². The van der Waals surface area contributed by atoms with Crippen LogP contribution in [0.25, 0.3) is 0 Å². The fraction of sp³-hybridized carbons (Fsp3) is 0.600. The minimum Gasteiger partial charge on any atom is -0.460 e. The molecule has 228 valence electrons. The number of hydrogen-bond acceptors (Lipinski definition) is 5. The molecular formula is C35H53NO5. The molecule has 0 saturated heterocycles. The molecule has 2 rings (SSSR count). The predicted molar refractivity (Wildman–Crippen MR) is 166 cm³/mol. The third-order valence-corrected chi connectivity index (χ3v) is 8.53. The van der Waals surface area contributed by atoms with E-state index in [4.69, 9.17) is 4.74 Å². The summed E-state index contributed by atoms with van der Waals surface area (Å²) in [4.78, 5) is 27.1. The maximum atomic E-state index is 13.8. The van der Waals surface area contributed by atoms with Gasteiger partial charge in [-0.3, -0.25) is 4.79 Å².